The molecule has 0 spiro atoms. The topological polar surface area (TPSA) is 84.4 Å². The molecular weight excluding hydrogens is 376 g/mol. The van der Waals surface area contributed by atoms with E-state index in [1.807, 2.05) is 35.7 Å². The van der Waals surface area contributed by atoms with E-state index in [1.165, 1.54) is 11.3 Å². The number of aromatic nitrogens is 2. The Morgan fingerprint density at radius 2 is 2.14 bits per heavy atom. The van der Waals surface area contributed by atoms with Crippen molar-refractivity contribution in [1.29, 1.82) is 0 Å². The first-order valence-electron chi connectivity index (χ1n) is 8.89. The number of rotatable bonds is 6. The molecule has 1 aromatic carbocycles. The largest absolute Gasteiger partial charge is 0.484 e. The minimum absolute atomic E-state index is 0.113. The van der Waals surface area contributed by atoms with E-state index in [1.54, 1.807) is 23.2 Å². The molecular formula is C20H18N4O3S. The van der Waals surface area contributed by atoms with E-state index in [0.29, 0.717) is 29.5 Å². The molecule has 0 unspecified atom stereocenters. The van der Waals surface area contributed by atoms with Gasteiger partial charge in [0.25, 0.3) is 5.91 Å². The van der Waals surface area contributed by atoms with Crippen LogP contribution in [0.15, 0.2) is 54.0 Å². The minimum Gasteiger partial charge on any atom is -0.484 e. The number of nitrogens with zero attached hydrogens (tertiary/aromatic N) is 3. The van der Waals surface area contributed by atoms with Gasteiger partial charge in [-0.3, -0.25) is 19.9 Å². The summed E-state index contributed by atoms with van der Waals surface area (Å²) in [5, 5.41) is 5.06. The molecule has 1 aliphatic heterocycles. The maximum atomic E-state index is 12.2. The first-order valence-corrected chi connectivity index (χ1v) is 9.77. The van der Waals surface area contributed by atoms with Crippen LogP contribution < -0.4 is 15.0 Å². The van der Waals surface area contributed by atoms with Gasteiger partial charge in [0.2, 0.25) is 5.91 Å². The third kappa shape index (κ3) is 4.17. The lowest BCUT2D eigenvalue weighted by molar-refractivity contribution is -0.118. The molecule has 1 N–H and O–H groups in total. The number of hydrogen-bond acceptors (Lipinski definition) is 6. The van der Waals surface area contributed by atoms with E-state index in [2.05, 4.69) is 15.3 Å². The second kappa shape index (κ2) is 8.18. The number of nitrogens with one attached hydrogen (secondary N) is 1. The minimum atomic E-state index is -0.301. The number of anilines is 2. The molecule has 0 atom stereocenters. The van der Waals surface area contributed by atoms with E-state index in [4.69, 9.17) is 4.74 Å². The van der Waals surface area contributed by atoms with Crippen LogP contribution in [0.2, 0.25) is 0 Å². The monoisotopic (exact) mass is 394 g/mol. The smallest absolute Gasteiger partial charge is 0.264 e. The molecule has 1 fully saturated rings. The van der Waals surface area contributed by atoms with E-state index < -0.39 is 0 Å². The molecule has 8 heteroatoms. The number of benzene rings is 1. The van der Waals surface area contributed by atoms with Crippen LogP contribution in [0.3, 0.4) is 0 Å². The van der Waals surface area contributed by atoms with Crippen LogP contribution in [0.5, 0.6) is 5.75 Å². The zero-order valence-corrected chi connectivity index (χ0v) is 15.8. The highest BCUT2D eigenvalue weighted by molar-refractivity contribution is 7.14. The quantitative estimate of drug-likeness (QED) is 0.693. The summed E-state index contributed by atoms with van der Waals surface area (Å²) in [6.07, 6.45) is 3.13. The van der Waals surface area contributed by atoms with Gasteiger partial charge < -0.3 is 9.64 Å². The van der Waals surface area contributed by atoms with E-state index >= 15 is 0 Å². The normalized spacial score (nSPS) is 13.6. The van der Waals surface area contributed by atoms with Crippen molar-refractivity contribution >= 4 is 34.0 Å². The lowest BCUT2D eigenvalue weighted by Crippen LogP contribution is -2.24. The zero-order chi connectivity index (χ0) is 19.3. The Labute approximate surface area is 166 Å². The number of thiazole rings is 1. The SMILES string of the molecule is O=C(COc1cccc(N2CCCC2=O)c1)Nc1nc(-c2ccccn2)cs1. The van der Waals surface area contributed by atoms with Crippen LogP contribution in [-0.2, 0) is 9.59 Å². The first-order chi connectivity index (χ1) is 13.7. The van der Waals surface area contributed by atoms with Crippen molar-refractivity contribution in [3.05, 3.63) is 54.0 Å². The highest BCUT2D eigenvalue weighted by Crippen LogP contribution is 2.26. The fourth-order valence-electron chi connectivity index (χ4n) is 2.93. The Balaban J connectivity index is 1.34. The molecule has 0 bridgehead atoms. The second-order valence-electron chi connectivity index (χ2n) is 6.24. The fraction of sp³-hybridized carbons (Fsp3) is 0.200. The number of carbonyl (C=O) groups excluding carboxylic acids is 2. The lowest BCUT2D eigenvalue weighted by atomic mass is 10.3. The zero-order valence-electron chi connectivity index (χ0n) is 15.0. The molecule has 2 amide bonds. The fourth-order valence-corrected chi connectivity index (χ4v) is 3.65. The van der Waals surface area contributed by atoms with Crippen molar-refractivity contribution in [3.8, 4) is 17.1 Å². The molecule has 1 saturated heterocycles. The van der Waals surface area contributed by atoms with Crippen molar-refractivity contribution in [3.63, 3.8) is 0 Å². The summed E-state index contributed by atoms with van der Waals surface area (Å²) < 4.78 is 5.58. The Kier molecular flexibility index (Phi) is 5.29. The van der Waals surface area contributed by atoms with Gasteiger partial charge in [-0.25, -0.2) is 4.98 Å². The van der Waals surface area contributed by atoms with Crippen molar-refractivity contribution in [2.45, 2.75) is 12.8 Å². The van der Waals surface area contributed by atoms with Gasteiger partial charge in [-0.1, -0.05) is 12.1 Å². The van der Waals surface area contributed by atoms with Gasteiger partial charge in [0.1, 0.15) is 11.4 Å². The van der Waals surface area contributed by atoms with Gasteiger partial charge in [-0.05, 0) is 30.7 Å². The van der Waals surface area contributed by atoms with Crippen molar-refractivity contribution in [2.75, 3.05) is 23.4 Å². The summed E-state index contributed by atoms with van der Waals surface area (Å²) >= 11 is 1.33. The molecule has 0 aliphatic carbocycles. The van der Waals surface area contributed by atoms with Gasteiger partial charge in [0.15, 0.2) is 11.7 Å². The predicted octanol–water partition coefficient (Wildman–Crippen LogP) is 3.35. The van der Waals surface area contributed by atoms with E-state index in [9.17, 15) is 9.59 Å². The van der Waals surface area contributed by atoms with Crippen LogP contribution in [0.4, 0.5) is 10.8 Å². The predicted molar refractivity (Wildman–Crippen MR) is 107 cm³/mol. The third-order valence-corrected chi connectivity index (χ3v) is 5.01. The van der Waals surface area contributed by atoms with Crippen LogP contribution in [0, 0.1) is 0 Å². The Bertz CT molecular complexity index is 990. The summed E-state index contributed by atoms with van der Waals surface area (Å²) in [5.41, 5.74) is 2.26. The molecule has 3 aromatic rings. The Morgan fingerprint density at radius 1 is 1.21 bits per heavy atom. The highest BCUT2D eigenvalue weighted by Gasteiger charge is 2.21. The Hall–Kier alpha value is -3.26. The van der Waals surface area contributed by atoms with Crippen LogP contribution in [0.25, 0.3) is 11.4 Å². The maximum absolute atomic E-state index is 12.2. The number of amides is 2. The van der Waals surface area contributed by atoms with E-state index in [-0.39, 0.29) is 18.4 Å². The summed E-state index contributed by atoms with van der Waals surface area (Å²) in [6.45, 7) is 0.571. The summed E-state index contributed by atoms with van der Waals surface area (Å²) in [7, 11) is 0. The number of carbonyl (C=O) groups is 2. The van der Waals surface area contributed by atoms with Crippen LogP contribution in [-0.4, -0.2) is 34.9 Å². The molecule has 3 heterocycles. The number of ether oxygens (including phenoxy) is 1. The third-order valence-electron chi connectivity index (χ3n) is 4.25. The van der Waals surface area contributed by atoms with Gasteiger partial charge in [0, 0.05) is 36.3 Å². The molecule has 4 rings (SSSR count). The average Bonchev–Trinajstić information content (AvgIpc) is 3.36. The van der Waals surface area contributed by atoms with Crippen molar-refractivity contribution < 1.29 is 14.3 Å². The summed E-state index contributed by atoms with van der Waals surface area (Å²) in [5.74, 6) is 0.354. The van der Waals surface area contributed by atoms with Gasteiger partial charge in [0.05, 0.1) is 5.69 Å². The van der Waals surface area contributed by atoms with Gasteiger partial charge >= 0.3 is 0 Å². The molecule has 2 aromatic heterocycles. The molecule has 7 nitrogen and oxygen atoms in total. The molecule has 0 saturated carbocycles. The van der Waals surface area contributed by atoms with Crippen LogP contribution >= 0.6 is 11.3 Å². The van der Waals surface area contributed by atoms with Gasteiger partial charge in [-0.2, -0.15) is 0 Å². The Morgan fingerprint density at radius 3 is 2.93 bits per heavy atom. The van der Waals surface area contributed by atoms with Crippen molar-refractivity contribution in [2.24, 2.45) is 0 Å². The molecule has 1 aliphatic rings. The van der Waals surface area contributed by atoms with E-state index in [0.717, 1.165) is 17.8 Å². The second-order valence-corrected chi connectivity index (χ2v) is 7.09. The first kappa shape index (κ1) is 18.1. The van der Waals surface area contributed by atoms with Crippen LogP contribution in [0.1, 0.15) is 12.8 Å². The number of hydrogen-bond donors (Lipinski definition) is 1. The molecule has 142 valence electrons. The summed E-state index contributed by atoms with van der Waals surface area (Å²) in [4.78, 5) is 34.4. The maximum Gasteiger partial charge on any atom is 0.264 e. The molecule has 28 heavy (non-hydrogen) atoms. The lowest BCUT2D eigenvalue weighted by Gasteiger charge is -2.16. The molecule has 0 radical (unpaired) electrons. The highest BCUT2D eigenvalue weighted by atomic mass is 32.1. The average molecular weight is 394 g/mol. The summed E-state index contributed by atoms with van der Waals surface area (Å²) in [6, 6.07) is 12.8. The number of pyridine rings is 1. The standard InChI is InChI=1S/C20H18N4O3S/c25-18(23-20-22-17(13-28-20)16-7-1-2-9-21-16)12-27-15-6-3-5-14(11-15)24-10-4-8-19(24)26/h1-3,5-7,9,11,13H,4,8,10,12H2,(H,22,23,25). The van der Waals surface area contributed by atoms with Crippen molar-refractivity contribution in [1.82, 2.24) is 9.97 Å². The van der Waals surface area contributed by atoms with Gasteiger partial charge in [-0.15, -0.1) is 11.3 Å².